The molecular formula is C10H9Br2FO4. The van der Waals surface area contributed by atoms with Crippen molar-refractivity contribution in [1.29, 1.82) is 0 Å². The van der Waals surface area contributed by atoms with Crippen molar-refractivity contribution in [2.24, 2.45) is 0 Å². The van der Waals surface area contributed by atoms with Crippen molar-refractivity contribution < 1.29 is 24.5 Å². The predicted molar refractivity (Wildman–Crippen MR) is 65.0 cm³/mol. The van der Waals surface area contributed by atoms with Crippen molar-refractivity contribution in [2.75, 3.05) is 0 Å². The highest BCUT2D eigenvalue weighted by Gasteiger charge is 2.26. The Morgan fingerprint density at radius 3 is 2.41 bits per heavy atom. The number of aliphatic hydroxyl groups excluding tert-OH is 2. The van der Waals surface area contributed by atoms with Crippen molar-refractivity contribution in [2.45, 2.75) is 18.6 Å². The molecule has 0 aliphatic carbocycles. The summed E-state index contributed by atoms with van der Waals surface area (Å²) >= 11 is 6.11. The largest absolute Gasteiger partial charge is 0.481 e. The van der Waals surface area contributed by atoms with Crippen LogP contribution in [0, 0.1) is 5.82 Å². The summed E-state index contributed by atoms with van der Waals surface area (Å²) in [4.78, 5) is 10.4. The summed E-state index contributed by atoms with van der Waals surface area (Å²) in [6.45, 7) is 0. The maximum absolute atomic E-state index is 13.6. The number of benzene rings is 1. The van der Waals surface area contributed by atoms with E-state index in [9.17, 15) is 19.4 Å². The summed E-state index contributed by atoms with van der Waals surface area (Å²) in [7, 11) is 0. The number of carboxylic acids is 1. The number of aliphatic carboxylic acids is 1. The van der Waals surface area contributed by atoms with Crippen LogP contribution in [0.25, 0.3) is 0 Å². The molecule has 0 aromatic heterocycles. The third-order valence-electron chi connectivity index (χ3n) is 2.09. The quantitative estimate of drug-likeness (QED) is 0.758. The molecule has 0 bridgehead atoms. The second-order valence-electron chi connectivity index (χ2n) is 3.39. The van der Waals surface area contributed by atoms with Crippen LogP contribution in [0.4, 0.5) is 4.39 Å². The van der Waals surface area contributed by atoms with Crippen LogP contribution in [0.1, 0.15) is 18.1 Å². The van der Waals surface area contributed by atoms with Crippen molar-refractivity contribution >= 4 is 37.8 Å². The number of carbonyl (C=O) groups is 1. The minimum Gasteiger partial charge on any atom is -0.481 e. The Morgan fingerprint density at radius 1 is 1.35 bits per heavy atom. The molecule has 0 aliphatic rings. The molecule has 1 aromatic carbocycles. The maximum Gasteiger partial charge on any atom is 0.306 e. The first-order valence-corrected chi connectivity index (χ1v) is 6.14. The van der Waals surface area contributed by atoms with Crippen LogP contribution in [0.2, 0.25) is 0 Å². The monoisotopic (exact) mass is 370 g/mol. The van der Waals surface area contributed by atoms with Gasteiger partial charge in [-0.15, -0.1) is 0 Å². The van der Waals surface area contributed by atoms with E-state index in [-0.39, 0.29) is 10.0 Å². The second-order valence-corrected chi connectivity index (χ2v) is 5.16. The molecule has 1 aromatic rings. The molecular weight excluding hydrogens is 363 g/mol. The number of hydrogen-bond donors (Lipinski definition) is 3. The van der Waals surface area contributed by atoms with Gasteiger partial charge in [0.05, 0.1) is 12.5 Å². The van der Waals surface area contributed by atoms with E-state index in [2.05, 4.69) is 31.9 Å². The number of carboxylic acid groups (broad SMARTS) is 1. The Bertz CT molecular complexity index is 415. The number of aliphatic hydroxyl groups is 2. The Hall–Kier alpha value is -0.500. The van der Waals surface area contributed by atoms with Gasteiger partial charge in [-0.05, 0) is 12.1 Å². The van der Waals surface area contributed by atoms with Gasteiger partial charge in [0.2, 0.25) is 0 Å². The fourth-order valence-electron chi connectivity index (χ4n) is 1.32. The first kappa shape index (κ1) is 14.6. The van der Waals surface area contributed by atoms with Gasteiger partial charge >= 0.3 is 5.97 Å². The van der Waals surface area contributed by atoms with Gasteiger partial charge in [-0.1, -0.05) is 31.9 Å². The number of hydrogen-bond acceptors (Lipinski definition) is 3. The van der Waals surface area contributed by atoms with Gasteiger partial charge in [0.25, 0.3) is 0 Å². The molecule has 0 spiro atoms. The van der Waals surface area contributed by atoms with Crippen LogP contribution in [-0.4, -0.2) is 27.4 Å². The van der Waals surface area contributed by atoms with Crippen LogP contribution in [0.5, 0.6) is 0 Å². The lowest BCUT2D eigenvalue weighted by atomic mass is 10.0. The molecule has 2 unspecified atom stereocenters. The zero-order valence-electron chi connectivity index (χ0n) is 8.40. The molecule has 0 aliphatic heterocycles. The van der Waals surface area contributed by atoms with Crippen LogP contribution in [0.3, 0.4) is 0 Å². The normalized spacial score (nSPS) is 14.4. The molecule has 0 amide bonds. The van der Waals surface area contributed by atoms with E-state index in [1.807, 2.05) is 0 Å². The fraction of sp³-hybridized carbons (Fsp3) is 0.300. The van der Waals surface area contributed by atoms with E-state index in [0.29, 0.717) is 4.47 Å². The third-order valence-corrected chi connectivity index (χ3v) is 3.20. The van der Waals surface area contributed by atoms with Crippen LogP contribution >= 0.6 is 31.9 Å². The number of halogens is 3. The zero-order chi connectivity index (χ0) is 13.2. The average Bonchev–Trinajstić information content (AvgIpc) is 2.14. The zero-order valence-corrected chi connectivity index (χ0v) is 11.6. The van der Waals surface area contributed by atoms with E-state index >= 15 is 0 Å². The van der Waals surface area contributed by atoms with Crippen molar-refractivity contribution in [3.05, 3.63) is 32.5 Å². The summed E-state index contributed by atoms with van der Waals surface area (Å²) in [5, 5.41) is 27.6. The highest BCUT2D eigenvalue weighted by molar-refractivity contribution is 9.11. The van der Waals surface area contributed by atoms with Gasteiger partial charge in [-0.3, -0.25) is 4.79 Å². The van der Waals surface area contributed by atoms with Crippen LogP contribution < -0.4 is 0 Å². The summed E-state index contributed by atoms with van der Waals surface area (Å²) in [5.41, 5.74) is -0.165. The summed E-state index contributed by atoms with van der Waals surface area (Å²) in [6.07, 6.45) is -3.84. The van der Waals surface area contributed by atoms with Crippen molar-refractivity contribution in [1.82, 2.24) is 0 Å². The molecule has 4 nitrogen and oxygen atoms in total. The van der Waals surface area contributed by atoms with E-state index in [0.717, 1.165) is 6.07 Å². The SMILES string of the molecule is O=C(O)CC(O)C(O)c1c(F)cc(Br)cc1Br. The summed E-state index contributed by atoms with van der Waals surface area (Å²) in [6, 6.07) is 2.62. The molecule has 3 N–H and O–H groups in total. The Labute approximate surface area is 113 Å². The summed E-state index contributed by atoms with van der Waals surface area (Å²) in [5.74, 6) is -2.01. The lowest BCUT2D eigenvalue weighted by molar-refractivity contribution is -0.141. The van der Waals surface area contributed by atoms with Gasteiger partial charge in [-0.2, -0.15) is 0 Å². The lowest BCUT2D eigenvalue weighted by Gasteiger charge is -2.18. The maximum atomic E-state index is 13.6. The molecule has 0 radical (unpaired) electrons. The van der Waals surface area contributed by atoms with Crippen LogP contribution in [0.15, 0.2) is 21.1 Å². The van der Waals surface area contributed by atoms with Gasteiger partial charge < -0.3 is 15.3 Å². The first-order valence-electron chi connectivity index (χ1n) is 4.55. The van der Waals surface area contributed by atoms with E-state index < -0.39 is 30.4 Å². The fourth-order valence-corrected chi connectivity index (χ4v) is 2.73. The minimum absolute atomic E-state index is 0.165. The lowest BCUT2D eigenvalue weighted by Crippen LogP contribution is -2.23. The van der Waals surface area contributed by atoms with Crippen LogP contribution in [-0.2, 0) is 4.79 Å². The molecule has 0 saturated heterocycles. The molecule has 0 saturated carbocycles. The number of rotatable bonds is 4. The molecule has 2 atom stereocenters. The molecule has 7 heteroatoms. The Balaban J connectivity index is 3.03. The second kappa shape index (κ2) is 5.90. The molecule has 17 heavy (non-hydrogen) atoms. The Morgan fingerprint density at radius 2 is 1.94 bits per heavy atom. The highest BCUT2D eigenvalue weighted by Crippen LogP contribution is 2.32. The highest BCUT2D eigenvalue weighted by atomic mass is 79.9. The Kier molecular flexibility index (Phi) is 5.05. The molecule has 0 fully saturated rings. The molecule has 0 heterocycles. The van der Waals surface area contributed by atoms with Crippen molar-refractivity contribution in [3.63, 3.8) is 0 Å². The van der Waals surface area contributed by atoms with Gasteiger partial charge in [-0.25, -0.2) is 4.39 Å². The van der Waals surface area contributed by atoms with E-state index in [4.69, 9.17) is 5.11 Å². The molecule has 94 valence electrons. The first-order chi connectivity index (χ1) is 7.82. The standard InChI is InChI=1S/C10H9Br2FO4/c11-4-1-5(12)9(6(13)2-4)10(17)7(14)3-8(15)16/h1-2,7,10,14,17H,3H2,(H,15,16). The van der Waals surface area contributed by atoms with Gasteiger partial charge in [0.1, 0.15) is 11.9 Å². The third kappa shape index (κ3) is 3.74. The summed E-state index contributed by atoms with van der Waals surface area (Å²) < 4.78 is 14.3. The van der Waals surface area contributed by atoms with E-state index in [1.54, 1.807) is 0 Å². The van der Waals surface area contributed by atoms with Crippen molar-refractivity contribution in [3.8, 4) is 0 Å². The van der Waals surface area contributed by atoms with Gasteiger partial charge in [0, 0.05) is 14.5 Å². The van der Waals surface area contributed by atoms with E-state index in [1.165, 1.54) is 6.07 Å². The topological polar surface area (TPSA) is 77.8 Å². The molecule has 1 rings (SSSR count). The smallest absolute Gasteiger partial charge is 0.306 e. The minimum atomic E-state index is -1.60. The average molecular weight is 372 g/mol. The predicted octanol–water partition coefficient (Wildman–Crippen LogP) is 2.22. The van der Waals surface area contributed by atoms with Gasteiger partial charge in [0.15, 0.2) is 0 Å².